The van der Waals surface area contributed by atoms with Crippen LogP contribution < -0.4 is 4.74 Å². The maximum Gasteiger partial charge on any atom is 0.196 e. The minimum atomic E-state index is -0.0469. The van der Waals surface area contributed by atoms with Gasteiger partial charge in [0.1, 0.15) is 0 Å². The molecule has 2 aliphatic rings. The molecule has 1 aromatic heterocycles. The van der Waals surface area contributed by atoms with Crippen LogP contribution in [0.4, 0.5) is 0 Å². The van der Waals surface area contributed by atoms with Crippen molar-refractivity contribution in [2.75, 3.05) is 7.11 Å². The summed E-state index contributed by atoms with van der Waals surface area (Å²) < 4.78 is 14.1. The molecule has 2 aliphatic carbocycles. The summed E-state index contributed by atoms with van der Waals surface area (Å²) in [5.74, 6) is 1.64. The van der Waals surface area contributed by atoms with E-state index in [1.165, 1.54) is 36.9 Å². The van der Waals surface area contributed by atoms with Crippen LogP contribution in [-0.4, -0.2) is 23.4 Å². The SMILES string of the molecule is COc1c2c(c(C3CC3OC(C)(C)C)n1C)CCCC2. The van der Waals surface area contributed by atoms with Crippen molar-refractivity contribution in [3.8, 4) is 5.88 Å². The third-order valence-corrected chi connectivity index (χ3v) is 4.48. The second-order valence-corrected chi connectivity index (χ2v) is 7.23. The van der Waals surface area contributed by atoms with Gasteiger partial charge in [0.05, 0.1) is 18.8 Å². The van der Waals surface area contributed by atoms with Crippen molar-refractivity contribution in [1.29, 1.82) is 0 Å². The minimum absolute atomic E-state index is 0.0469. The van der Waals surface area contributed by atoms with Crippen molar-refractivity contribution < 1.29 is 9.47 Å². The van der Waals surface area contributed by atoms with Gasteiger partial charge < -0.3 is 14.0 Å². The van der Waals surface area contributed by atoms with Gasteiger partial charge in [0.25, 0.3) is 0 Å². The normalized spacial score (nSPS) is 25.4. The van der Waals surface area contributed by atoms with Gasteiger partial charge in [-0.05, 0) is 58.4 Å². The molecule has 0 saturated heterocycles. The first kappa shape index (κ1) is 14.0. The summed E-state index contributed by atoms with van der Waals surface area (Å²) >= 11 is 0. The Morgan fingerprint density at radius 2 is 1.75 bits per heavy atom. The van der Waals surface area contributed by atoms with E-state index in [1.807, 2.05) is 0 Å². The largest absolute Gasteiger partial charge is 0.482 e. The molecule has 1 heterocycles. The van der Waals surface area contributed by atoms with Crippen LogP contribution in [0, 0.1) is 0 Å². The maximum atomic E-state index is 6.15. The van der Waals surface area contributed by atoms with Crippen LogP contribution in [-0.2, 0) is 24.6 Å². The minimum Gasteiger partial charge on any atom is -0.482 e. The molecule has 3 heteroatoms. The van der Waals surface area contributed by atoms with Crippen molar-refractivity contribution in [3.05, 3.63) is 16.8 Å². The lowest BCUT2D eigenvalue weighted by molar-refractivity contribution is -0.0179. The van der Waals surface area contributed by atoms with Crippen molar-refractivity contribution in [2.45, 2.75) is 70.5 Å². The van der Waals surface area contributed by atoms with E-state index >= 15 is 0 Å². The molecule has 2 atom stereocenters. The van der Waals surface area contributed by atoms with Crippen LogP contribution in [0.25, 0.3) is 0 Å². The second-order valence-electron chi connectivity index (χ2n) is 7.23. The molecule has 0 amide bonds. The Kier molecular flexibility index (Phi) is 3.36. The van der Waals surface area contributed by atoms with Gasteiger partial charge in [-0.25, -0.2) is 0 Å². The number of methoxy groups -OCH3 is 1. The van der Waals surface area contributed by atoms with Crippen molar-refractivity contribution in [2.24, 2.45) is 7.05 Å². The van der Waals surface area contributed by atoms with Gasteiger partial charge >= 0.3 is 0 Å². The summed E-state index contributed by atoms with van der Waals surface area (Å²) in [4.78, 5) is 0. The summed E-state index contributed by atoms with van der Waals surface area (Å²) in [6.45, 7) is 6.43. The standard InChI is InChI=1S/C17H27NO2/c1-17(2,3)20-14-10-13(14)15-11-8-6-7-9-12(11)16(19-5)18(15)4/h13-14H,6-10H2,1-5H3. The van der Waals surface area contributed by atoms with Crippen LogP contribution >= 0.6 is 0 Å². The molecule has 1 aromatic rings. The van der Waals surface area contributed by atoms with Crippen LogP contribution in [0.1, 0.15) is 62.8 Å². The summed E-state index contributed by atoms with van der Waals surface area (Å²) in [5, 5.41) is 0. The van der Waals surface area contributed by atoms with E-state index in [1.54, 1.807) is 12.7 Å². The molecule has 0 aromatic carbocycles. The number of fused-ring (bicyclic) bond motifs is 1. The Bertz CT molecular complexity index is 510. The molecule has 3 nitrogen and oxygen atoms in total. The number of ether oxygens (including phenoxy) is 2. The second kappa shape index (κ2) is 4.80. The molecule has 0 radical (unpaired) electrons. The molecule has 20 heavy (non-hydrogen) atoms. The van der Waals surface area contributed by atoms with E-state index < -0.39 is 0 Å². The first-order valence-corrected chi connectivity index (χ1v) is 7.84. The molecule has 0 bridgehead atoms. The molecule has 1 saturated carbocycles. The Morgan fingerprint density at radius 1 is 1.10 bits per heavy atom. The van der Waals surface area contributed by atoms with E-state index in [0.29, 0.717) is 12.0 Å². The molecule has 0 spiro atoms. The van der Waals surface area contributed by atoms with Crippen LogP contribution in [0.3, 0.4) is 0 Å². The molecule has 3 rings (SSSR count). The van der Waals surface area contributed by atoms with Crippen LogP contribution in [0.5, 0.6) is 5.88 Å². The summed E-state index contributed by atoms with van der Waals surface area (Å²) in [5.41, 5.74) is 4.44. The molecular formula is C17H27NO2. The van der Waals surface area contributed by atoms with Crippen molar-refractivity contribution in [3.63, 3.8) is 0 Å². The van der Waals surface area contributed by atoms with E-state index in [4.69, 9.17) is 9.47 Å². The average Bonchev–Trinajstić information content (AvgIpc) is 3.02. The van der Waals surface area contributed by atoms with Gasteiger partial charge in [0, 0.05) is 24.2 Å². The van der Waals surface area contributed by atoms with Crippen molar-refractivity contribution >= 4 is 0 Å². The molecule has 1 fully saturated rings. The highest BCUT2D eigenvalue weighted by Crippen LogP contribution is 2.50. The predicted octanol–water partition coefficient (Wildman–Crippen LogP) is 3.58. The number of aromatic nitrogens is 1. The number of rotatable bonds is 3. The number of hydrogen-bond donors (Lipinski definition) is 0. The van der Waals surface area contributed by atoms with Crippen molar-refractivity contribution in [1.82, 2.24) is 4.57 Å². The molecular weight excluding hydrogens is 250 g/mol. The van der Waals surface area contributed by atoms with E-state index in [0.717, 1.165) is 12.3 Å². The molecule has 112 valence electrons. The molecule has 0 N–H and O–H groups in total. The van der Waals surface area contributed by atoms with E-state index in [9.17, 15) is 0 Å². The zero-order valence-corrected chi connectivity index (χ0v) is 13.5. The van der Waals surface area contributed by atoms with Gasteiger partial charge in [-0.3, -0.25) is 0 Å². The van der Waals surface area contributed by atoms with Gasteiger partial charge in [-0.15, -0.1) is 0 Å². The fourth-order valence-corrected chi connectivity index (χ4v) is 3.71. The zero-order chi connectivity index (χ0) is 14.5. The van der Waals surface area contributed by atoms with E-state index in [-0.39, 0.29) is 5.60 Å². The van der Waals surface area contributed by atoms with Crippen LogP contribution in [0.2, 0.25) is 0 Å². The first-order chi connectivity index (χ1) is 9.42. The third kappa shape index (κ3) is 2.37. The summed E-state index contributed by atoms with van der Waals surface area (Å²) in [6, 6.07) is 0. The maximum absolute atomic E-state index is 6.15. The Hall–Kier alpha value is -0.960. The Morgan fingerprint density at radius 3 is 2.35 bits per heavy atom. The summed E-state index contributed by atoms with van der Waals surface area (Å²) in [6.07, 6.45) is 6.53. The highest BCUT2D eigenvalue weighted by Gasteiger charge is 2.46. The van der Waals surface area contributed by atoms with Crippen LogP contribution in [0.15, 0.2) is 0 Å². The van der Waals surface area contributed by atoms with Gasteiger partial charge in [-0.2, -0.15) is 0 Å². The third-order valence-electron chi connectivity index (χ3n) is 4.48. The predicted molar refractivity (Wildman–Crippen MR) is 80.6 cm³/mol. The Balaban J connectivity index is 1.89. The topological polar surface area (TPSA) is 23.4 Å². The quantitative estimate of drug-likeness (QED) is 0.843. The smallest absolute Gasteiger partial charge is 0.196 e. The number of hydrogen-bond acceptors (Lipinski definition) is 2. The number of nitrogens with zero attached hydrogens (tertiary/aromatic N) is 1. The van der Waals surface area contributed by atoms with E-state index in [2.05, 4.69) is 32.4 Å². The highest BCUT2D eigenvalue weighted by atomic mass is 16.5. The monoisotopic (exact) mass is 277 g/mol. The lowest BCUT2D eigenvalue weighted by Gasteiger charge is -2.20. The van der Waals surface area contributed by atoms with Gasteiger partial charge in [0.15, 0.2) is 5.88 Å². The highest BCUT2D eigenvalue weighted by molar-refractivity contribution is 5.47. The fraction of sp³-hybridized carbons (Fsp3) is 0.765. The zero-order valence-electron chi connectivity index (χ0n) is 13.5. The molecule has 0 aliphatic heterocycles. The Labute approximate surface area is 122 Å². The molecule has 2 unspecified atom stereocenters. The fourth-order valence-electron chi connectivity index (χ4n) is 3.71. The van der Waals surface area contributed by atoms with Gasteiger partial charge in [0.2, 0.25) is 0 Å². The lowest BCUT2D eigenvalue weighted by Crippen LogP contribution is -2.21. The lowest BCUT2D eigenvalue weighted by atomic mass is 9.92. The summed E-state index contributed by atoms with van der Waals surface area (Å²) in [7, 11) is 3.95. The van der Waals surface area contributed by atoms with Gasteiger partial charge in [-0.1, -0.05) is 0 Å². The first-order valence-electron chi connectivity index (χ1n) is 7.84. The average molecular weight is 277 g/mol.